The van der Waals surface area contributed by atoms with Gasteiger partial charge >= 0.3 is 6.18 Å². The summed E-state index contributed by atoms with van der Waals surface area (Å²) in [6.07, 6.45) is -2.65. The van der Waals surface area contributed by atoms with Crippen LogP contribution in [-0.2, 0) is 23.9 Å². The number of fused-ring (bicyclic) bond motifs is 1. The molecular formula is C26H31ClF3N5O3. The van der Waals surface area contributed by atoms with E-state index < -0.39 is 28.7 Å². The van der Waals surface area contributed by atoms with E-state index >= 15 is 0 Å². The van der Waals surface area contributed by atoms with Gasteiger partial charge in [-0.25, -0.2) is 4.98 Å². The third-order valence-corrected chi connectivity index (χ3v) is 7.56. The minimum atomic E-state index is -4.70. The van der Waals surface area contributed by atoms with Gasteiger partial charge in [0.15, 0.2) is 0 Å². The largest absolute Gasteiger partial charge is 0.417 e. The predicted octanol–water partition coefficient (Wildman–Crippen LogP) is 4.41. The molecule has 2 N–H and O–H groups in total. The molecule has 1 aliphatic carbocycles. The molecule has 0 saturated heterocycles. The summed E-state index contributed by atoms with van der Waals surface area (Å²) in [5.74, 6) is -0.477. The molecule has 4 rings (SSSR count). The minimum absolute atomic E-state index is 0.0201. The highest BCUT2D eigenvalue weighted by Gasteiger charge is 2.38. The Balaban J connectivity index is 1.69. The average molecular weight is 554 g/mol. The molecule has 2 heterocycles. The van der Waals surface area contributed by atoms with Crippen molar-refractivity contribution in [1.82, 2.24) is 19.8 Å². The molecule has 2 aliphatic rings. The summed E-state index contributed by atoms with van der Waals surface area (Å²) in [5, 5.41) is 5.42. The summed E-state index contributed by atoms with van der Waals surface area (Å²) in [5.41, 5.74) is -0.549. The zero-order valence-electron chi connectivity index (χ0n) is 21.7. The van der Waals surface area contributed by atoms with Gasteiger partial charge in [-0.3, -0.25) is 19.0 Å². The number of nitrogens with one attached hydrogen (secondary N) is 2. The summed E-state index contributed by atoms with van der Waals surface area (Å²) >= 11 is 5.73. The fraction of sp³-hybridized carbons (Fsp3) is 0.538. The van der Waals surface area contributed by atoms with Crippen LogP contribution in [0.1, 0.15) is 73.3 Å². The van der Waals surface area contributed by atoms with Crippen LogP contribution in [0.5, 0.6) is 0 Å². The number of halogens is 4. The summed E-state index contributed by atoms with van der Waals surface area (Å²) in [6.45, 7) is 5.56. The van der Waals surface area contributed by atoms with E-state index in [1.807, 2.05) is 13.8 Å². The molecule has 2 amide bonds. The van der Waals surface area contributed by atoms with Gasteiger partial charge in [0.1, 0.15) is 0 Å². The SMILES string of the molecule is CNC(=O)[C@@H]1CC[C@H](n2c(NC(C)C)nc3c(c2=O)C[C@@H](C)N(C(=O)c2ccc(Cl)c(C(F)(F)F)c2)C3)C1. The van der Waals surface area contributed by atoms with Crippen molar-refractivity contribution in [2.75, 3.05) is 12.4 Å². The van der Waals surface area contributed by atoms with Gasteiger partial charge < -0.3 is 15.5 Å². The normalized spacial score (nSPS) is 21.4. The van der Waals surface area contributed by atoms with Gasteiger partial charge in [0.2, 0.25) is 11.9 Å². The Bertz CT molecular complexity index is 1310. The summed E-state index contributed by atoms with van der Waals surface area (Å²) in [7, 11) is 1.59. The van der Waals surface area contributed by atoms with Crippen LogP contribution in [0.15, 0.2) is 23.0 Å². The van der Waals surface area contributed by atoms with E-state index in [-0.39, 0.29) is 48.0 Å². The molecule has 0 radical (unpaired) electrons. The number of carbonyl (C=O) groups excluding carboxylic acids is 2. The molecule has 0 spiro atoms. The Hall–Kier alpha value is -3.08. The van der Waals surface area contributed by atoms with Crippen LogP contribution in [0.4, 0.5) is 19.1 Å². The van der Waals surface area contributed by atoms with Gasteiger partial charge in [-0.05, 0) is 64.7 Å². The van der Waals surface area contributed by atoms with Crippen LogP contribution in [0.25, 0.3) is 0 Å². The fourth-order valence-corrected chi connectivity index (χ4v) is 5.54. The van der Waals surface area contributed by atoms with Gasteiger partial charge in [-0.15, -0.1) is 0 Å². The summed E-state index contributed by atoms with van der Waals surface area (Å²) in [6, 6.07) is 2.39. The maximum atomic E-state index is 13.8. The lowest BCUT2D eigenvalue weighted by Gasteiger charge is -2.35. The first kappa shape index (κ1) is 27.9. The maximum absolute atomic E-state index is 13.8. The quantitative estimate of drug-likeness (QED) is 0.572. The van der Waals surface area contributed by atoms with Gasteiger partial charge in [0.05, 0.1) is 22.8 Å². The smallest absolute Gasteiger partial charge is 0.359 e. The molecule has 2 aromatic rings. The molecule has 1 fully saturated rings. The first-order valence-corrected chi connectivity index (χ1v) is 13.0. The van der Waals surface area contributed by atoms with E-state index in [1.54, 1.807) is 18.5 Å². The van der Waals surface area contributed by atoms with Crippen molar-refractivity contribution >= 4 is 29.4 Å². The molecule has 3 atom stereocenters. The van der Waals surface area contributed by atoms with Crippen molar-refractivity contribution in [2.24, 2.45) is 5.92 Å². The Morgan fingerprint density at radius 3 is 2.55 bits per heavy atom. The fourth-order valence-electron chi connectivity index (χ4n) is 5.32. The maximum Gasteiger partial charge on any atom is 0.417 e. The van der Waals surface area contributed by atoms with Crippen LogP contribution < -0.4 is 16.2 Å². The number of carbonyl (C=O) groups is 2. The number of aromatic nitrogens is 2. The van der Waals surface area contributed by atoms with Crippen molar-refractivity contribution < 1.29 is 22.8 Å². The lowest BCUT2D eigenvalue weighted by atomic mass is 9.98. The van der Waals surface area contributed by atoms with Crippen LogP contribution >= 0.6 is 11.6 Å². The molecule has 1 saturated carbocycles. The van der Waals surface area contributed by atoms with E-state index in [2.05, 4.69) is 10.6 Å². The Labute approximate surface area is 223 Å². The first-order chi connectivity index (χ1) is 17.8. The molecule has 1 aromatic heterocycles. The summed E-state index contributed by atoms with van der Waals surface area (Å²) < 4.78 is 41.8. The highest BCUT2D eigenvalue weighted by atomic mass is 35.5. The number of hydrogen-bond donors (Lipinski definition) is 2. The molecule has 8 nitrogen and oxygen atoms in total. The topological polar surface area (TPSA) is 96.3 Å². The predicted molar refractivity (Wildman–Crippen MR) is 137 cm³/mol. The van der Waals surface area contributed by atoms with Crippen molar-refractivity contribution in [3.05, 3.63) is 56.0 Å². The molecule has 0 bridgehead atoms. The van der Waals surface area contributed by atoms with Crippen molar-refractivity contribution in [3.8, 4) is 0 Å². The number of benzene rings is 1. The second-order valence-corrected chi connectivity index (χ2v) is 10.7. The van der Waals surface area contributed by atoms with Gasteiger partial charge in [-0.1, -0.05) is 11.6 Å². The van der Waals surface area contributed by atoms with Crippen molar-refractivity contribution in [3.63, 3.8) is 0 Å². The first-order valence-electron chi connectivity index (χ1n) is 12.6. The highest BCUT2D eigenvalue weighted by Crippen LogP contribution is 2.37. The van der Waals surface area contributed by atoms with Crippen molar-refractivity contribution in [2.45, 2.75) is 77.3 Å². The van der Waals surface area contributed by atoms with E-state index in [4.69, 9.17) is 16.6 Å². The molecule has 12 heteroatoms. The monoisotopic (exact) mass is 553 g/mol. The Morgan fingerprint density at radius 2 is 1.92 bits per heavy atom. The van der Waals surface area contributed by atoms with Gasteiger partial charge in [0, 0.05) is 42.2 Å². The average Bonchev–Trinajstić information content (AvgIpc) is 3.32. The second kappa shape index (κ2) is 10.6. The number of hydrogen-bond acceptors (Lipinski definition) is 5. The number of rotatable bonds is 5. The van der Waals surface area contributed by atoms with Crippen molar-refractivity contribution in [1.29, 1.82) is 0 Å². The van der Waals surface area contributed by atoms with Gasteiger partial charge in [0.25, 0.3) is 11.5 Å². The van der Waals surface area contributed by atoms with Crippen LogP contribution in [0, 0.1) is 5.92 Å². The standard InChI is InChI=1S/C26H31ClF3N5O3/c1-13(2)32-25-33-21-12-34(23(37)16-6-8-20(27)19(11-16)26(28,29)30)14(3)9-18(21)24(38)35(25)17-7-5-15(10-17)22(36)31-4/h6,8,11,13-15,17H,5,7,9-10,12H2,1-4H3,(H,31,36)(H,32,33)/t14-,15-,17+/m1/s1. The molecule has 38 heavy (non-hydrogen) atoms. The molecule has 1 aliphatic heterocycles. The molecule has 206 valence electrons. The zero-order valence-corrected chi connectivity index (χ0v) is 22.4. The highest BCUT2D eigenvalue weighted by molar-refractivity contribution is 6.31. The molecular weight excluding hydrogens is 523 g/mol. The number of amides is 2. The van der Waals surface area contributed by atoms with Gasteiger partial charge in [-0.2, -0.15) is 13.2 Å². The lowest BCUT2D eigenvalue weighted by molar-refractivity contribution is -0.137. The third-order valence-electron chi connectivity index (χ3n) is 7.23. The number of nitrogens with zero attached hydrogens (tertiary/aromatic N) is 3. The lowest BCUT2D eigenvalue weighted by Crippen LogP contribution is -2.46. The number of alkyl halides is 3. The van der Waals surface area contributed by atoms with Crippen LogP contribution in [0.3, 0.4) is 0 Å². The van der Waals surface area contributed by atoms with E-state index in [0.29, 0.717) is 36.5 Å². The van der Waals surface area contributed by atoms with E-state index in [1.165, 1.54) is 11.0 Å². The van der Waals surface area contributed by atoms with E-state index in [0.717, 1.165) is 12.1 Å². The Morgan fingerprint density at radius 1 is 1.21 bits per heavy atom. The van der Waals surface area contributed by atoms with Crippen LogP contribution in [0.2, 0.25) is 5.02 Å². The molecule has 0 unspecified atom stereocenters. The summed E-state index contributed by atoms with van der Waals surface area (Å²) in [4.78, 5) is 45.4. The zero-order chi connectivity index (χ0) is 27.9. The Kier molecular flexibility index (Phi) is 7.79. The molecule has 1 aromatic carbocycles. The van der Waals surface area contributed by atoms with E-state index in [9.17, 15) is 27.6 Å². The third kappa shape index (κ3) is 5.39. The second-order valence-electron chi connectivity index (χ2n) is 10.3. The van der Waals surface area contributed by atoms with Crippen LogP contribution in [-0.4, -0.2) is 45.4 Å². The number of anilines is 1. The minimum Gasteiger partial charge on any atom is -0.359 e.